The van der Waals surface area contributed by atoms with Gasteiger partial charge in [-0.2, -0.15) is 0 Å². The lowest BCUT2D eigenvalue weighted by atomic mass is 9.83. The van der Waals surface area contributed by atoms with Crippen LogP contribution in [0.4, 0.5) is 0 Å². The molecule has 1 aromatic carbocycles. The number of nitrogens with zero attached hydrogens (tertiary/aromatic N) is 1. The summed E-state index contributed by atoms with van der Waals surface area (Å²) < 4.78 is 0. The van der Waals surface area contributed by atoms with Crippen molar-refractivity contribution in [3.63, 3.8) is 0 Å². The lowest BCUT2D eigenvalue weighted by Crippen LogP contribution is -2.39. The van der Waals surface area contributed by atoms with Crippen LogP contribution in [0.2, 0.25) is 0 Å². The molecule has 2 unspecified atom stereocenters. The van der Waals surface area contributed by atoms with Crippen LogP contribution in [-0.4, -0.2) is 34.6 Å². The maximum Gasteiger partial charge on any atom is 0.226 e. The highest BCUT2D eigenvalue weighted by Gasteiger charge is 2.37. The molecule has 3 nitrogen and oxygen atoms in total. The predicted molar refractivity (Wildman–Crippen MR) is 73.8 cm³/mol. The topological polar surface area (TPSA) is 40.5 Å². The van der Waals surface area contributed by atoms with Crippen LogP contribution in [0.1, 0.15) is 30.9 Å². The van der Waals surface area contributed by atoms with Crippen LogP contribution in [0.3, 0.4) is 0 Å². The second-order valence-electron chi connectivity index (χ2n) is 6.22. The first-order valence-corrected chi connectivity index (χ1v) is 7.13. The molecule has 0 aromatic heterocycles. The first kappa shape index (κ1) is 12.7. The first-order chi connectivity index (χ1) is 9.05. The number of amides is 1. The molecule has 102 valence electrons. The second-order valence-corrected chi connectivity index (χ2v) is 6.22. The van der Waals surface area contributed by atoms with Gasteiger partial charge in [-0.3, -0.25) is 4.79 Å². The minimum Gasteiger partial charge on any atom is -0.388 e. The van der Waals surface area contributed by atoms with Crippen LogP contribution in [0.25, 0.3) is 0 Å². The van der Waals surface area contributed by atoms with Crippen LogP contribution in [0.15, 0.2) is 24.3 Å². The van der Waals surface area contributed by atoms with E-state index in [1.54, 1.807) is 0 Å². The van der Waals surface area contributed by atoms with E-state index in [-0.39, 0.29) is 11.8 Å². The minimum atomic E-state index is -0.692. The van der Waals surface area contributed by atoms with E-state index < -0.39 is 5.60 Å². The molecule has 1 aromatic rings. The van der Waals surface area contributed by atoms with Gasteiger partial charge in [0.15, 0.2) is 0 Å². The molecule has 1 aliphatic heterocycles. The number of benzene rings is 1. The molecular formula is C16H21NO2. The molecule has 1 amide bonds. The van der Waals surface area contributed by atoms with Gasteiger partial charge < -0.3 is 10.0 Å². The molecule has 0 saturated carbocycles. The van der Waals surface area contributed by atoms with Gasteiger partial charge >= 0.3 is 0 Å². The average molecular weight is 259 g/mol. The maximum absolute atomic E-state index is 12.5. The van der Waals surface area contributed by atoms with Crippen LogP contribution < -0.4 is 0 Å². The van der Waals surface area contributed by atoms with Gasteiger partial charge in [0.05, 0.1) is 5.60 Å². The highest BCUT2D eigenvalue weighted by Crippen LogP contribution is 2.29. The van der Waals surface area contributed by atoms with Crippen molar-refractivity contribution in [1.82, 2.24) is 4.90 Å². The van der Waals surface area contributed by atoms with Crippen molar-refractivity contribution < 1.29 is 9.90 Å². The summed E-state index contributed by atoms with van der Waals surface area (Å²) in [5.74, 6) is 0.330. The van der Waals surface area contributed by atoms with E-state index in [2.05, 4.69) is 18.2 Å². The molecule has 3 rings (SSSR count). The predicted octanol–water partition coefficient (Wildman–Crippen LogP) is 1.77. The smallest absolute Gasteiger partial charge is 0.226 e. The van der Waals surface area contributed by atoms with Gasteiger partial charge in [0.2, 0.25) is 5.91 Å². The zero-order valence-electron chi connectivity index (χ0n) is 11.4. The van der Waals surface area contributed by atoms with Crippen molar-refractivity contribution in [3.05, 3.63) is 35.4 Å². The van der Waals surface area contributed by atoms with Gasteiger partial charge in [0.1, 0.15) is 0 Å². The van der Waals surface area contributed by atoms with Gasteiger partial charge in [-0.1, -0.05) is 24.3 Å². The van der Waals surface area contributed by atoms with Crippen LogP contribution in [0.5, 0.6) is 0 Å². The molecule has 19 heavy (non-hydrogen) atoms. The first-order valence-electron chi connectivity index (χ1n) is 7.13. The third-order valence-electron chi connectivity index (χ3n) is 4.46. The number of carbonyl (C=O) groups excluding carboxylic acids is 1. The summed E-state index contributed by atoms with van der Waals surface area (Å²) in [5.41, 5.74) is 2.01. The highest BCUT2D eigenvalue weighted by atomic mass is 16.3. The zero-order valence-corrected chi connectivity index (χ0v) is 11.4. The Hall–Kier alpha value is -1.35. The van der Waals surface area contributed by atoms with E-state index >= 15 is 0 Å². The van der Waals surface area contributed by atoms with E-state index in [1.165, 1.54) is 11.1 Å². The minimum absolute atomic E-state index is 0.101. The number of hydrogen-bond donors (Lipinski definition) is 1. The summed E-state index contributed by atoms with van der Waals surface area (Å²) in [7, 11) is 0. The van der Waals surface area contributed by atoms with Crippen molar-refractivity contribution in [1.29, 1.82) is 0 Å². The Morgan fingerprint density at radius 3 is 2.79 bits per heavy atom. The Labute approximate surface area is 114 Å². The number of fused-ring (bicyclic) bond motifs is 1. The van der Waals surface area contributed by atoms with E-state index in [0.717, 1.165) is 19.3 Å². The van der Waals surface area contributed by atoms with Crippen LogP contribution in [-0.2, 0) is 17.6 Å². The van der Waals surface area contributed by atoms with Crippen molar-refractivity contribution in [2.45, 2.75) is 38.2 Å². The Morgan fingerprint density at radius 2 is 2.11 bits per heavy atom. The maximum atomic E-state index is 12.5. The molecule has 1 heterocycles. The summed E-state index contributed by atoms with van der Waals surface area (Å²) in [6.07, 6.45) is 3.49. The van der Waals surface area contributed by atoms with Crippen molar-refractivity contribution in [2.24, 2.45) is 5.92 Å². The van der Waals surface area contributed by atoms with Crippen molar-refractivity contribution in [2.75, 3.05) is 13.1 Å². The zero-order chi connectivity index (χ0) is 13.5. The largest absolute Gasteiger partial charge is 0.388 e. The standard InChI is InChI=1S/C16H21NO2/c1-16(19)8-9-17(11-16)15(18)14-7-6-12-4-2-3-5-13(12)10-14/h2-5,14,19H,6-11H2,1H3. The Bertz CT molecular complexity index is 495. The van der Waals surface area contributed by atoms with E-state index in [1.807, 2.05) is 17.9 Å². The van der Waals surface area contributed by atoms with Crippen LogP contribution in [0, 0.1) is 5.92 Å². The lowest BCUT2D eigenvalue weighted by molar-refractivity contribution is -0.135. The highest BCUT2D eigenvalue weighted by molar-refractivity contribution is 5.80. The summed E-state index contributed by atoms with van der Waals surface area (Å²) >= 11 is 0. The normalized spacial score (nSPS) is 30.2. The van der Waals surface area contributed by atoms with Crippen molar-refractivity contribution >= 4 is 5.91 Å². The molecule has 2 atom stereocenters. The number of rotatable bonds is 1. The summed E-state index contributed by atoms with van der Waals surface area (Å²) in [6, 6.07) is 8.41. The lowest BCUT2D eigenvalue weighted by Gasteiger charge is -2.28. The Balaban J connectivity index is 1.70. The van der Waals surface area contributed by atoms with Gasteiger partial charge in [0, 0.05) is 19.0 Å². The second kappa shape index (κ2) is 4.64. The summed E-state index contributed by atoms with van der Waals surface area (Å²) in [4.78, 5) is 14.4. The van der Waals surface area contributed by atoms with Gasteiger partial charge in [-0.25, -0.2) is 0 Å². The molecule has 1 aliphatic carbocycles. The molecule has 2 aliphatic rings. The monoisotopic (exact) mass is 259 g/mol. The molecule has 1 fully saturated rings. The number of aliphatic hydroxyl groups is 1. The van der Waals surface area contributed by atoms with E-state index in [0.29, 0.717) is 19.5 Å². The fourth-order valence-corrected chi connectivity index (χ4v) is 3.30. The number of hydrogen-bond acceptors (Lipinski definition) is 2. The molecule has 1 saturated heterocycles. The van der Waals surface area contributed by atoms with Gasteiger partial charge in [-0.05, 0) is 43.7 Å². The average Bonchev–Trinajstić information content (AvgIpc) is 2.78. The summed E-state index contributed by atoms with van der Waals surface area (Å²) in [6.45, 7) is 3.00. The molecule has 0 bridgehead atoms. The third kappa shape index (κ3) is 2.52. The SMILES string of the molecule is CC1(O)CCN(C(=O)C2CCc3ccccc3C2)C1. The number of β-amino-alcohol motifs (C(OH)–C–C–N with tert-alkyl or cyclic N) is 1. The Morgan fingerprint density at radius 1 is 1.37 bits per heavy atom. The van der Waals surface area contributed by atoms with Crippen molar-refractivity contribution in [3.8, 4) is 0 Å². The number of aryl methyl sites for hydroxylation is 1. The molecular weight excluding hydrogens is 238 g/mol. The van der Waals surface area contributed by atoms with Gasteiger partial charge in [0.25, 0.3) is 0 Å². The Kier molecular flexibility index (Phi) is 3.09. The quantitative estimate of drug-likeness (QED) is 0.835. The third-order valence-corrected chi connectivity index (χ3v) is 4.46. The van der Waals surface area contributed by atoms with E-state index in [9.17, 15) is 9.90 Å². The molecule has 1 N–H and O–H groups in total. The molecule has 3 heteroatoms. The molecule has 0 radical (unpaired) electrons. The fourth-order valence-electron chi connectivity index (χ4n) is 3.30. The van der Waals surface area contributed by atoms with Gasteiger partial charge in [-0.15, -0.1) is 0 Å². The fraction of sp³-hybridized carbons (Fsp3) is 0.562. The van der Waals surface area contributed by atoms with E-state index in [4.69, 9.17) is 0 Å². The summed E-state index contributed by atoms with van der Waals surface area (Å²) in [5, 5.41) is 9.98. The van der Waals surface area contributed by atoms with Crippen LogP contribution >= 0.6 is 0 Å². The molecule has 0 spiro atoms. The number of likely N-dealkylation sites (tertiary alicyclic amines) is 1. The number of carbonyl (C=O) groups is 1.